The predicted molar refractivity (Wildman–Crippen MR) is 87.5 cm³/mol. The number of likely N-dealkylation sites (tertiary alicyclic amines) is 1. The fourth-order valence-electron chi connectivity index (χ4n) is 3.18. The van der Waals surface area contributed by atoms with Crippen LogP contribution < -0.4 is 4.74 Å². The molecule has 0 bridgehead atoms. The van der Waals surface area contributed by atoms with Gasteiger partial charge in [-0.05, 0) is 75.0 Å². The van der Waals surface area contributed by atoms with Gasteiger partial charge in [0.15, 0.2) is 0 Å². The first-order valence-electron chi connectivity index (χ1n) is 8.41. The second kappa shape index (κ2) is 7.60. The molecule has 2 aliphatic rings. The lowest BCUT2D eigenvalue weighted by Gasteiger charge is -2.26. The summed E-state index contributed by atoms with van der Waals surface area (Å²) in [4.78, 5) is 7.10. The molecule has 0 unspecified atom stereocenters. The molecule has 3 nitrogen and oxygen atoms in total. The van der Waals surface area contributed by atoms with E-state index >= 15 is 0 Å². The van der Waals surface area contributed by atoms with Gasteiger partial charge in [-0.15, -0.1) is 0 Å². The van der Waals surface area contributed by atoms with Crippen LogP contribution in [0.1, 0.15) is 44.1 Å². The SMILES string of the molecule is c1cc(C2=NCCC2)ccc1OCCCN1CCCCC1. The molecule has 0 aromatic heterocycles. The highest BCUT2D eigenvalue weighted by atomic mass is 16.5. The second-order valence-corrected chi connectivity index (χ2v) is 6.06. The van der Waals surface area contributed by atoms with E-state index in [4.69, 9.17) is 4.74 Å². The summed E-state index contributed by atoms with van der Waals surface area (Å²) in [6.07, 6.45) is 7.58. The fourth-order valence-corrected chi connectivity index (χ4v) is 3.18. The summed E-state index contributed by atoms with van der Waals surface area (Å²) in [6, 6.07) is 8.45. The van der Waals surface area contributed by atoms with E-state index in [1.54, 1.807) is 0 Å². The van der Waals surface area contributed by atoms with Crippen molar-refractivity contribution in [3.63, 3.8) is 0 Å². The van der Waals surface area contributed by atoms with E-state index in [2.05, 4.69) is 34.2 Å². The molecule has 1 aromatic carbocycles. The van der Waals surface area contributed by atoms with Crippen molar-refractivity contribution in [1.82, 2.24) is 4.90 Å². The van der Waals surface area contributed by atoms with Gasteiger partial charge in [0, 0.05) is 18.8 Å². The molecule has 1 aromatic rings. The maximum absolute atomic E-state index is 5.85. The van der Waals surface area contributed by atoms with Crippen LogP contribution in [-0.2, 0) is 0 Å². The minimum atomic E-state index is 0.816. The number of aliphatic imine (C=N–C) groups is 1. The maximum atomic E-state index is 5.85. The van der Waals surface area contributed by atoms with Gasteiger partial charge in [-0.2, -0.15) is 0 Å². The summed E-state index contributed by atoms with van der Waals surface area (Å²) < 4.78 is 5.85. The van der Waals surface area contributed by atoms with Gasteiger partial charge in [-0.3, -0.25) is 4.99 Å². The van der Waals surface area contributed by atoms with Crippen molar-refractivity contribution in [2.24, 2.45) is 4.99 Å². The molecule has 1 saturated heterocycles. The van der Waals surface area contributed by atoms with Gasteiger partial charge < -0.3 is 9.64 Å². The zero-order chi connectivity index (χ0) is 14.3. The lowest BCUT2D eigenvalue weighted by molar-refractivity contribution is 0.205. The third-order valence-corrected chi connectivity index (χ3v) is 4.40. The monoisotopic (exact) mass is 286 g/mol. The molecule has 1 fully saturated rings. The highest BCUT2D eigenvalue weighted by Gasteiger charge is 2.10. The van der Waals surface area contributed by atoms with E-state index in [-0.39, 0.29) is 0 Å². The van der Waals surface area contributed by atoms with Crippen LogP contribution in [0.4, 0.5) is 0 Å². The van der Waals surface area contributed by atoms with E-state index in [9.17, 15) is 0 Å². The lowest BCUT2D eigenvalue weighted by atomic mass is 10.1. The number of rotatable bonds is 6. The Bertz CT molecular complexity index is 461. The third kappa shape index (κ3) is 4.31. The second-order valence-electron chi connectivity index (χ2n) is 6.06. The molecule has 114 valence electrons. The summed E-state index contributed by atoms with van der Waals surface area (Å²) in [7, 11) is 0. The van der Waals surface area contributed by atoms with Gasteiger partial charge in [0.25, 0.3) is 0 Å². The third-order valence-electron chi connectivity index (χ3n) is 4.40. The molecule has 0 radical (unpaired) electrons. The molecular formula is C18H26N2O. The fraction of sp³-hybridized carbons (Fsp3) is 0.611. The van der Waals surface area contributed by atoms with E-state index in [0.717, 1.165) is 31.7 Å². The maximum Gasteiger partial charge on any atom is 0.119 e. The van der Waals surface area contributed by atoms with Crippen LogP contribution in [0.2, 0.25) is 0 Å². The van der Waals surface area contributed by atoms with Gasteiger partial charge in [-0.1, -0.05) is 6.42 Å². The molecule has 0 saturated carbocycles. The molecule has 0 aliphatic carbocycles. The van der Waals surface area contributed by atoms with E-state index in [1.807, 2.05) is 0 Å². The van der Waals surface area contributed by atoms with Crippen LogP contribution in [0.25, 0.3) is 0 Å². The highest BCUT2D eigenvalue weighted by molar-refractivity contribution is 6.01. The Morgan fingerprint density at radius 1 is 1.00 bits per heavy atom. The average molecular weight is 286 g/mol. The van der Waals surface area contributed by atoms with E-state index in [1.165, 1.54) is 56.6 Å². The number of benzene rings is 1. The first-order valence-corrected chi connectivity index (χ1v) is 8.41. The Hall–Kier alpha value is -1.35. The van der Waals surface area contributed by atoms with Gasteiger partial charge in [0.2, 0.25) is 0 Å². The van der Waals surface area contributed by atoms with E-state index in [0.29, 0.717) is 0 Å². The highest BCUT2D eigenvalue weighted by Crippen LogP contribution is 2.17. The molecular weight excluding hydrogens is 260 g/mol. The molecule has 3 heteroatoms. The van der Waals surface area contributed by atoms with Gasteiger partial charge in [0.05, 0.1) is 6.61 Å². The summed E-state index contributed by atoms with van der Waals surface area (Å²) in [5.74, 6) is 0.982. The van der Waals surface area contributed by atoms with Gasteiger partial charge in [-0.25, -0.2) is 0 Å². The summed E-state index contributed by atoms with van der Waals surface area (Å²) in [6.45, 7) is 5.53. The van der Waals surface area contributed by atoms with Crippen molar-refractivity contribution in [3.05, 3.63) is 29.8 Å². The number of nitrogens with zero attached hydrogens (tertiary/aromatic N) is 2. The van der Waals surface area contributed by atoms with Crippen molar-refractivity contribution in [2.75, 3.05) is 32.8 Å². The first kappa shape index (κ1) is 14.6. The van der Waals surface area contributed by atoms with Crippen molar-refractivity contribution in [3.8, 4) is 5.75 Å². The molecule has 3 rings (SSSR count). The van der Waals surface area contributed by atoms with Crippen molar-refractivity contribution < 1.29 is 4.74 Å². The van der Waals surface area contributed by atoms with E-state index < -0.39 is 0 Å². The molecule has 2 heterocycles. The van der Waals surface area contributed by atoms with Crippen LogP contribution in [-0.4, -0.2) is 43.4 Å². The summed E-state index contributed by atoms with van der Waals surface area (Å²) in [5.41, 5.74) is 2.51. The lowest BCUT2D eigenvalue weighted by Crippen LogP contribution is -2.31. The quantitative estimate of drug-likeness (QED) is 0.747. The van der Waals surface area contributed by atoms with Crippen LogP contribution in [0, 0.1) is 0 Å². The predicted octanol–water partition coefficient (Wildman–Crippen LogP) is 3.52. The van der Waals surface area contributed by atoms with Crippen LogP contribution in [0.3, 0.4) is 0 Å². The van der Waals surface area contributed by atoms with Gasteiger partial charge in [0.1, 0.15) is 5.75 Å². The Kier molecular flexibility index (Phi) is 5.28. The van der Waals surface area contributed by atoms with Crippen molar-refractivity contribution in [1.29, 1.82) is 0 Å². The van der Waals surface area contributed by atoms with Gasteiger partial charge >= 0.3 is 0 Å². The Morgan fingerprint density at radius 3 is 2.52 bits per heavy atom. The molecule has 0 N–H and O–H groups in total. The smallest absolute Gasteiger partial charge is 0.119 e. The molecule has 21 heavy (non-hydrogen) atoms. The Morgan fingerprint density at radius 2 is 1.81 bits per heavy atom. The number of ether oxygens (including phenoxy) is 1. The molecule has 0 amide bonds. The van der Waals surface area contributed by atoms with Crippen LogP contribution >= 0.6 is 0 Å². The summed E-state index contributed by atoms with van der Waals surface area (Å²) >= 11 is 0. The number of piperidine rings is 1. The first-order chi connectivity index (χ1) is 10.4. The Balaban J connectivity index is 1.39. The zero-order valence-corrected chi connectivity index (χ0v) is 12.9. The normalized spacial score (nSPS) is 19.5. The van der Waals surface area contributed by atoms with Crippen LogP contribution in [0.5, 0.6) is 5.75 Å². The topological polar surface area (TPSA) is 24.8 Å². The van der Waals surface area contributed by atoms with Crippen molar-refractivity contribution >= 4 is 5.71 Å². The number of hydrogen-bond acceptors (Lipinski definition) is 3. The zero-order valence-electron chi connectivity index (χ0n) is 12.9. The van der Waals surface area contributed by atoms with Crippen molar-refractivity contribution in [2.45, 2.75) is 38.5 Å². The molecule has 0 atom stereocenters. The average Bonchev–Trinajstić information content (AvgIpc) is 3.08. The standard InChI is InChI=1S/C18H26N2O/c1-2-12-20(13-3-1)14-5-15-21-17-9-7-16(8-10-17)18-6-4-11-19-18/h7-10H,1-6,11-15H2. The van der Waals surface area contributed by atoms with Crippen LogP contribution in [0.15, 0.2) is 29.3 Å². The minimum absolute atomic E-state index is 0.816. The number of hydrogen-bond donors (Lipinski definition) is 0. The molecule has 2 aliphatic heterocycles. The molecule has 0 spiro atoms. The minimum Gasteiger partial charge on any atom is -0.494 e. The Labute approximate surface area is 128 Å². The largest absolute Gasteiger partial charge is 0.494 e. The summed E-state index contributed by atoms with van der Waals surface area (Å²) in [5, 5.41) is 0.